The monoisotopic (exact) mass is 389 g/mol. The van der Waals surface area contributed by atoms with Crippen molar-refractivity contribution in [2.75, 3.05) is 12.4 Å². The number of imidazole rings is 1. The highest BCUT2D eigenvalue weighted by atomic mass is 16.6. The van der Waals surface area contributed by atoms with Crippen LogP contribution in [0.3, 0.4) is 0 Å². The van der Waals surface area contributed by atoms with E-state index in [1.54, 1.807) is 38.8 Å². The summed E-state index contributed by atoms with van der Waals surface area (Å²) in [7, 11) is 1.67. The van der Waals surface area contributed by atoms with Crippen molar-refractivity contribution in [3.8, 4) is 12.3 Å². The van der Waals surface area contributed by atoms with Gasteiger partial charge in [-0.2, -0.15) is 0 Å². The Kier molecular flexibility index (Phi) is 8.86. The van der Waals surface area contributed by atoms with Crippen LogP contribution in [-0.2, 0) is 9.47 Å². The normalized spacial score (nSPS) is 13.1. The van der Waals surface area contributed by atoms with E-state index < -0.39 is 11.7 Å². The van der Waals surface area contributed by atoms with E-state index in [0.717, 1.165) is 6.42 Å². The average molecular weight is 390 g/mol. The minimum atomic E-state index is -0.612. The van der Waals surface area contributed by atoms with Gasteiger partial charge in [-0.15, -0.1) is 6.42 Å². The van der Waals surface area contributed by atoms with Crippen LogP contribution in [0.1, 0.15) is 60.4 Å². The largest absolute Gasteiger partial charge is 0.444 e. The van der Waals surface area contributed by atoms with Gasteiger partial charge in [0.1, 0.15) is 11.9 Å². The lowest BCUT2D eigenvalue weighted by Gasteiger charge is -2.20. The fourth-order valence-electron chi connectivity index (χ4n) is 2.51. The van der Waals surface area contributed by atoms with Crippen LogP contribution in [0, 0.1) is 12.3 Å². The first-order chi connectivity index (χ1) is 13.3. The van der Waals surface area contributed by atoms with Crippen LogP contribution in [0.2, 0.25) is 0 Å². The molecule has 0 aliphatic heterocycles. The summed E-state index contributed by atoms with van der Waals surface area (Å²) in [6.07, 6.45) is 9.59. The van der Waals surface area contributed by atoms with Gasteiger partial charge in [0.05, 0.1) is 18.5 Å². The summed E-state index contributed by atoms with van der Waals surface area (Å²) in [5, 5.41) is 2.61. The van der Waals surface area contributed by atoms with Gasteiger partial charge in [-0.25, -0.2) is 19.7 Å². The summed E-state index contributed by atoms with van der Waals surface area (Å²) in [5.74, 6) is 3.03. The molecule has 0 saturated heterocycles. The molecule has 1 N–H and O–H groups in total. The predicted octanol–water partition coefficient (Wildman–Crippen LogP) is 4.19. The number of nitrogens with zero attached hydrogens (tertiary/aromatic N) is 4. The lowest BCUT2D eigenvalue weighted by Crippen LogP contribution is -2.27. The molecule has 0 fully saturated rings. The first kappa shape index (κ1) is 23.4. The van der Waals surface area contributed by atoms with Crippen molar-refractivity contribution in [2.24, 2.45) is 0 Å². The van der Waals surface area contributed by atoms with E-state index in [9.17, 15) is 4.79 Å². The number of fused-ring (bicyclic) bond motifs is 1. The summed E-state index contributed by atoms with van der Waals surface area (Å²) in [6.45, 7) is 11.4. The SMILES string of the molecule is C#CC(CC(CC)OC)n1cnc2c(NC(=O)OC(C)(C)C)ncnc21.CC. The number of anilines is 1. The summed E-state index contributed by atoms with van der Waals surface area (Å²) in [5.41, 5.74) is 0.378. The molecule has 0 spiro atoms. The highest BCUT2D eigenvalue weighted by molar-refractivity contribution is 5.93. The molecular formula is C20H31N5O3. The van der Waals surface area contributed by atoms with Crippen LogP contribution < -0.4 is 5.32 Å². The minimum Gasteiger partial charge on any atom is -0.444 e. The molecule has 2 rings (SSSR count). The third kappa shape index (κ3) is 6.20. The first-order valence-corrected chi connectivity index (χ1v) is 9.45. The third-order valence-corrected chi connectivity index (χ3v) is 3.78. The predicted molar refractivity (Wildman–Crippen MR) is 110 cm³/mol. The molecule has 8 heteroatoms. The van der Waals surface area contributed by atoms with Crippen molar-refractivity contribution in [3.63, 3.8) is 0 Å². The van der Waals surface area contributed by atoms with Crippen molar-refractivity contribution < 1.29 is 14.3 Å². The zero-order chi connectivity index (χ0) is 21.3. The average Bonchev–Trinajstić information content (AvgIpc) is 3.08. The molecule has 2 aromatic heterocycles. The molecule has 0 bridgehead atoms. The summed E-state index contributed by atoms with van der Waals surface area (Å²) < 4.78 is 12.5. The quantitative estimate of drug-likeness (QED) is 0.745. The van der Waals surface area contributed by atoms with Crippen molar-refractivity contribution >= 4 is 23.1 Å². The van der Waals surface area contributed by atoms with Gasteiger partial charge >= 0.3 is 6.09 Å². The molecule has 28 heavy (non-hydrogen) atoms. The second kappa shape index (κ2) is 10.6. The van der Waals surface area contributed by atoms with E-state index in [2.05, 4.69) is 26.2 Å². The molecule has 1 amide bonds. The summed E-state index contributed by atoms with van der Waals surface area (Å²) in [6, 6.07) is -0.269. The van der Waals surface area contributed by atoms with Gasteiger partial charge in [-0.3, -0.25) is 5.32 Å². The Balaban J connectivity index is 0.00000190. The Morgan fingerprint density at radius 2 is 2.00 bits per heavy atom. The molecule has 0 radical (unpaired) electrons. The fourth-order valence-corrected chi connectivity index (χ4v) is 2.51. The van der Waals surface area contributed by atoms with E-state index in [-0.39, 0.29) is 18.0 Å². The van der Waals surface area contributed by atoms with E-state index in [1.165, 1.54) is 6.33 Å². The highest BCUT2D eigenvalue weighted by Gasteiger charge is 2.21. The van der Waals surface area contributed by atoms with Crippen LogP contribution in [-0.4, -0.2) is 44.4 Å². The van der Waals surface area contributed by atoms with Crippen LogP contribution in [0.15, 0.2) is 12.7 Å². The second-order valence-electron chi connectivity index (χ2n) is 6.86. The van der Waals surface area contributed by atoms with E-state index in [1.807, 2.05) is 20.8 Å². The Hall–Kier alpha value is -2.66. The summed E-state index contributed by atoms with van der Waals surface area (Å²) in [4.78, 5) is 24.7. The number of carbonyl (C=O) groups excluding carboxylic acids is 1. The Labute approximate surface area is 167 Å². The number of aromatic nitrogens is 4. The van der Waals surface area contributed by atoms with E-state index in [4.69, 9.17) is 15.9 Å². The molecule has 8 nitrogen and oxygen atoms in total. The molecule has 2 atom stereocenters. The maximum Gasteiger partial charge on any atom is 0.413 e. The first-order valence-electron chi connectivity index (χ1n) is 9.45. The lowest BCUT2D eigenvalue weighted by atomic mass is 10.1. The number of nitrogens with one attached hydrogen (secondary N) is 1. The number of amides is 1. The topological polar surface area (TPSA) is 91.2 Å². The standard InChI is InChI=1S/C18H25N5O3.C2H6/c1-7-12(9-13(8-2)25-6)23-11-21-14-15(19-10-20-16(14)23)22-17(24)26-18(3,4)5;1-2/h1,10-13H,8-9H2,2-6H3,(H,19,20,22,24);1-2H3. The molecule has 0 aromatic carbocycles. The zero-order valence-electron chi connectivity index (χ0n) is 17.8. The number of ether oxygens (including phenoxy) is 2. The molecule has 2 unspecified atom stereocenters. The van der Waals surface area contributed by atoms with Crippen molar-refractivity contribution in [2.45, 2.75) is 72.1 Å². The number of rotatable bonds is 6. The van der Waals surface area contributed by atoms with Crippen molar-refractivity contribution in [1.29, 1.82) is 0 Å². The van der Waals surface area contributed by atoms with Crippen molar-refractivity contribution in [3.05, 3.63) is 12.7 Å². The number of carbonyl (C=O) groups is 1. The van der Waals surface area contributed by atoms with E-state index >= 15 is 0 Å². The minimum absolute atomic E-state index is 0.0368. The molecular weight excluding hydrogens is 358 g/mol. The Morgan fingerprint density at radius 3 is 2.54 bits per heavy atom. The number of methoxy groups -OCH3 is 1. The molecule has 154 valence electrons. The number of terminal acetylenes is 1. The van der Waals surface area contributed by atoms with Crippen molar-refractivity contribution in [1.82, 2.24) is 19.5 Å². The highest BCUT2D eigenvalue weighted by Crippen LogP contribution is 2.24. The fraction of sp³-hybridized carbons (Fsp3) is 0.600. The lowest BCUT2D eigenvalue weighted by molar-refractivity contribution is 0.0635. The van der Waals surface area contributed by atoms with Gasteiger partial charge in [-0.1, -0.05) is 26.7 Å². The van der Waals surface area contributed by atoms with E-state index in [0.29, 0.717) is 17.6 Å². The molecule has 0 aliphatic rings. The van der Waals surface area contributed by atoms with Gasteiger partial charge in [0.2, 0.25) is 0 Å². The van der Waals surface area contributed by atoms with Gasteiger partial charge in [0, 0.05) is 13.5 Å². The Bertz CT molecular complexity index is 800. The maximum absolute atomic E-state index is 12.0. The molecule has 2 aromatic rings. The molecule has 0 saturated carbocycles. The van der Waals surface area contributed by atoms with Gasteiger partial charge in [-0.05, 0) is 27.2 Å². The molecule has 0 aliphatic carbocycles. The van der Waals surface area contributed by atoms with Crippen LogP contribution >= 0.6 is 0 Å². The Morgan fingerprint density at radius 1 is 1.32 bits per heavy atom. The van der Waals surface area contributed by atoms with Gasteiger partial charge < -0.3 is 14.0 Å². The second-order valence-corrected chi connectivity index (χ2v) is 6.86. The van der Waals surface area contributed by atoms with Gasteiger partial charge in [0.15, 0.2) is 17.0 Å². The van der Waals surface area contributed by atoms with Gasteiger partial charge in [0.25, 0.3) is 0 Å². The van der Waals surface area contributed by atoms with Crippen LogP contribution in [0.5, 0.6) is 0 Å². The zero-order valence-corrected chi connectivity index (χ0v) is 17.8. The third-order valence-electron chi connectivity index (χ3n) is 3.78. The summed E-state index contributed by atoms with van der Waals surface area (Å²) >= 11 is 0. The molecule has 2 heterocycles. The van der Waals surface area contributed by atoms with Crippen LogP contribution in [0.25, 0.3) is 11.2 Å². The number of hydrogen-bond acceptors (Lipinski definition) is 6. The van der Waals surface area contributed by atoms with Crippen LogP contribution in [0.4, 0.5) is 10.6 Å². The smallest absolute Gasteiger partial charge is 0.413 e. The maximum atomic E-state index is 12.0. The number of hydrogen-bond donors (Lipinski definition) is 1.